The van der Waals surface area contributed by atoms with Crippen molar-refractivity contribution >= 4 is 34.2 Å². The lowest BCUT2D eigenvalue weighted by atomic mass is 9.79. The summed E-state index contributed by atoms with van der Waals surface area (Å²) in [6.07, 6.45) is 6.62. The quantitative estimate of drug-likeness (QED) is 0.504. The van der Waals surface area contributed by atoms with Gasteiger partial charge in [0.05, 0.1) is 5.92 Å². The van der Waals surface area contributed by atoms with Crippen LogP contribution in [0.25, 0.3) is 16.5 Å². The van der Waals surface area contributed by atoms with Gasteiger partial charge in [-0.25, -0.2) is 0 Å². The third kappa shape index (κ3) is 3.70. The minimum atomic E-state index is -2.00. The highest BCUT2D eigenvalue weighted by Crippen LogP contribution is 2.48. The number of rotatable bonds is 5. The Morgan fingerprint density at radius 1 is 1.24 bits per heavy atom. The monoisotopic (exact) mass is 575 g/mol. The molecule has 4 aliphatic heterocycles. The van der Waals surface area contributed by atoms with Gasteiger partial charge >= 0.3 is 0 Å². The van der Waals surface area contributed by atoms with Crippen molar-refractivity contribution in [2.24, 2.45) is 17.8 Å². The molecule has 1 aliphatic carbocycles. The number of carbonyl (C=O) groups excluding carboxylic acids is 3. The van der Waals surface area contributed by atoms with Gasteiger partial charge in [-0.3, -0.25) is 28.9 Å². The van der Waals surface area contributed by atoms with Gasteiger partial charge in [-0.1, -0.05) is 45.9 Å². The van der Waals surface area contributed by atoms with Crippen molar-refractivity contribution in [2.75, 3.05) is 20.1 Å². The van der Waals surface area contributed by atoms with Gasteiger partial charge in [0.25, 0.3) is 11.8 Å². The number of aromatic nitrogens is 1. The number of aromatic amines is 1. The van der Waals surface area contributed by atoms with Crippen LogP contribution >= 0.6 is 0 Å². The number of ether oxygens (including phenoxy) is 1. The minimum Gasteiger partial charge on any atom is -0.361 e. The fourth-order valence-electron chi connectivity index (χ4n) is 8.10. The zero-order valence-corrected chi connectivity index (χ0v) is 25.0. The Morgan fingerprint density at radius 2 is 2.02 bits per heavy atom. The van der Waals surface area contributed by atoms with Crippen LogP contribution in [0.2, 0.25) is 0 Å². The Bertz CT molecular complexity index is 1510. The molecule has 10 heteroatoms. The van der Waals surface area contributed by atoms with Gasteiger partial charge in [-0.05, 0) is 61.4 Å². The van der Waals surface area contributed by atoms with Crippen molar-refractivity contribution in [1.82, 2.24) is 25.0 Å². The highest BCUT2D eigenvalue weighted by Gasteiger charge is 2.72. The van der Waals surface area contributed by atoms with Crippen LogP contribution in [0.3, 0.4) is 0 Å². The van der Waals surface area contributed by atoms with E-state index < -0.39 is 41.5 Å². The summed E-state index contributed by atoms with van der Waals surface area (Å²) in [6.45, 7) is 8.60. The molecular weight excluding hydrogens is 534 g/mol. The first kappa shape index (κ1) is 27.6. The van der Waals surface area contributed by atoms with Crippen molar-refractivity contribution in [1.29, 1.82) is 0 Å². The van der Waals surface area contributed by atoms with Crippen molar-refractivity contribution in [3.05, 3.63) is 41.6 Å². The number of hydrogen-bond acceptors (Lipinski definition) is 6. The zero-order chi connectivity index (χ0) is 29.7. The molecule has 5 heterocycles. The zero-order valence-electron chi connectivity index (χ0n) is 25.0. The topological polar surface area (TPSA) is 118 Å². The molecular formula is C32H41N5O5. The minimum absolute atomic E-state index is 0.108. The van der Waals surface area contributed by atoms with Gasteiger partial charge in [0.1, 0.15) is 12.1 Å². The van der Waals surface area contributed by atoms with Gasteiger partial charge in [-0.15, -0.1) is 0 Å². The Kier molecular flexibility index (Phi) is 6.18. The van der Waals surface area contributed by atoms with Crippen LogP contribution in [0.15, 0.2) is 30.5 Å². The summed E-state index contributed by atoms with van der Waals surface area (Å²) in [5.74, 6) is -3.97. The van der Waals surface area contributed by atoms with E-state index in [-0.39, 0.29) is 23.8 Å². The number of nitrogens with zero attached hydrogens (tertiary/aromatic N) is 3. The van der Waals surface area contributed by atoms with Crippen molar-refractivity contribution in [2.45, 2.75) is 83.1 Å². The second kappa shape index (κ2) is 9.39. The lowest BCUT2D eigenvalue weighted by molar-refractivity contribution is -0.322. The first-order valence-corrected chi connectivity index (χ1v) is 15.4. The summed E-state index contributed by atoms with van der Waals surface area (Å²) < 4.78 is 6.43. The standard InChI is InChI=1S/C32H41N5O5/c1-17(2)12-25-29(39)36-11-7-10-26(36)32(41)37(25)30(40)31(42-32,18(3)4)34-28(38)20-13-22-21-8-6-9-23-27(21)19(15-33-23)14-24(22)35(5)16-20/h6,8-9,13,15,17-18,20,24-26,33,41H,7,10-12,14,16H2,1-5H3,(H,34,38)/t20-,24+,25+,26-,31-,32+/m1/s1. The highest BCUT2D eigenvalue weighted by atomic mass is 16.7. The maximum Gasteiger partial charge on any atom is 0.281 e. The van der Waals surface area contributed by atoms with E-state index >= 15 is 0 Å². The van der Waals surface area contributed by atoms with Gasteiger partial charge in [0, 0.05) is 42.1 Å². The van der Waals surface area contributed by atoms with Crippen molar-refractivity contribution < 1.29 is 24.2 Å². The smallest absolute Gasteiger partial charge is 0.281 e. The number of carbonyl (C=O) groups is 3. The summed E-state index contributed by atoms with van der Waals surface area (Å²) in [4.78, 5) is 50.7. The SMILES string of the molecule is CC(C)C[C@H]1C(=O)N2CCC[C@@H]2[C@]2(O)O[C@](NC(=O)[C@@H]3C=C4c5cccc6[nH]cc(c56)C[C@@H]4N(C)C3)(C(C)C)C(=O)N12. The first-order valence-electron chi connectivity index (χ1n) is 15.4. The van der Waals surface area contributed by atoms with Crippen molar-refractivity contribution in [3.63, 3.8) is 0 Å². The lowest BCUT2D eigenvalue weighted by Crippen LogP contribution is -2.71. The second-order valence-electron chi connectivity index (χ2n) is 13.6. The first-order chi connectivity index (χ1) is 20.0. The summed E-state index contributed by atoms with van der Waals surface area (Å²) in [5, 5.41) is 16.3. The molecule has 7 rings (SSSR count). The normalized spacial score (nSPS) is 34.2. The van der Waals surface area contributed by atoms with E-state index in [1.807, 2.05) is 46.9 Å². The molecule has 0 radical (unpaired) electrons. The molecule has 1 aromatic carbocycles. The number of nitrogens with one attached hydrogen (secondary N) is 2. The number of piperazine rings is 1. The number of likely N-dealkylation sites (N-methyl/N-ethyl adjacent to an activating group) is 1. The number of aliphatic hydroxyl groups is 1. The van der Waals surface area contributed by atoms with Crippen molar-refractivity contribution in [3.8, 4) is 0 Å². The summed E-state index contributed by atoms with van der Waals surface area (Å²) in [5.41, 5.74) is 2.79. The predicted octanol–water partition coefficient (Wildman–Crippen LogP) is 2.43. The van der Waals surface area contributed by atoms with Crippen LogP contribution in [0.5, 0.6) is 0 Å². The molecule has 0 saturated carbocycles. The van der Waals surface area contributed by atoms with Gasteiger partial charge in [0.15, 0.2) is 0 Å². The number of amides is 3. The van der Waals surface area contributed by atoms with E-state index in [2.05, 4.69) is 33.5 Å². The molecule has 1 aromatic heterocycles. The lowest BCUT2D eigenvalue weighted by Gasteiger charge is -2.49. The summed E-state index contributed by atoms with van der Waals surface area (Å²) in [7, 11) is 2.03. The molecule has 6 atom stereocenters. The van der Waals surface area contributed by atoms with Crippen LogP contribution in [0.1, 0.15) is 58.1 Å². The molecule has 3 amide bonds. The van der Waals surface area contributed by atoms with Crippen LogP contribution in [0.4, 0.5) is 0 Å². The van der Waals surface area contributed by atoms with E-state index in [1.54, 1.807) is 4.90 Å². The second-order valence-corrected chi connectivity index (χ2v) is 13.6. The average Bonchev–Trinajstić information content (AvgIpc) is 3.65. The predicted molar refractivity (Wildman–Crippen MR) is 156 cm³/mol. The molecule has 3 saturated heterocycles. The van der Waals surface area contributed by atoms with Crippen LogP contribution in [-0.4, -0.2) is 92.4 Å². The number of fused-ring (bicyclic) bond motifs is 5. The number of benzene rings is 1. The van der Waals surface area contributed by atoms with E-state index in [1.165, 1.54) is 15.8 Å². The fraction of sp³-hybridized carbons (Fsp3) is 0.594. The largest absolute Gasteiger partial charge is 0.361 e. The van der Waals surface area contributed by atoms with E-state index in [0.29, 0.717) is 25.9 Å². The molecule has 5 aliphatic rings. The molecule has 0 spiro atoms. The number of hydrogen-bond donors (Lipinski definition) is 3. The molecule has 0 bridgehead atoms. The Hall–Kier alpha value is -3.21. The summed E-state index contributed by atoms with van der Waals surface area (Å²) >= 11 is 0. The van der Waals surface area contributed by atoms with Crippen LogP contribution < -0.4 is 5.32 Å². The molecule has 0 unspecified atom stereocenters. The Balaban J connectivity index is 1.24. The molecule has 224 valence electrons. The number of H-pyrrole nitrogens is 1. The van der Waals surface area contributed by atoms with Gasteiger partial charge < -0.3 is 20.3 Å². The maximum absolute atomic E-state index is 14.4. The Morgan fingerprint density at radius 3 is 2.76 bits per heavy atom. The summed E-state index contributed by atoms with van der Waals surface area (Å²) in [6, 6.07) is 4.84. The van der Waals surface area contributed by atoms with E-state index in [0.717, 1.165) is 29.5 Å². The molecule has 10 nitrogen and oxygen atoms in total. The van der Waals surface area contributed by atoms with Gasteiger partial charge in [0.2, 0.25) is 17.5 Å². The molecule has 3 N–H and O–H groups in total. The molecule has 42 heavy (non-hydrogen) atoms. The maximum atomic E-state index is 14.4. The Labute approximate surface area is 246 Å². The molecule has 3 fully saturated rings. The van der Waals surface area contributed by atoms with E-state index in [4.69, 9.17) is 4.74 Å². The van der Waals surface area contributed by atoms with Gasteiger partial charge in [-0.2, -0.15) is 0 Å². The van der Waals surface area contributed by atoms with Crippen LogP contribution in [0, 0.1) is 17.8 Å². The van der Waals surface area contributed by atoms with E-state index in [9.17, 15) is 19.5 Å². The molecule has 2 aromatic rings. The highest BCUT2D eigenvalue weighted by molar-refractivity contribution is 6.01. The average molecular weight is 576 g/mol. The third-order valence-electron chi connectivity index (χ3n) is 10.2. The van der Waals surface area contributed by atoms with Crippen LogP contribution in [-0.2, 0) is 25.5 Å². The third-order valence-corrected chi connectivity index (χ3v) is 10.2. The fourth-order valence-corrected chi connectivity index (χ4v) is 8.10.